The normalized spacial score (nSPS) is 40.8. The summed E-state index contributed by atoms with van der Waals surface area (Å²) in [5.41, 5.74) is 0.849. The lowest BCUT2D eigenvalue weighted by molar-refractivity contribution is -0.109. The largest absolute Gasteiger partial charge is 0.307 e. The molecule has 2 rings (SSSR count). The number of hydrogen-bond donors (Lipinski definition) is 0. The van der Waals surface area contributed by atoms with E-state index in [9.17, 15) is 4.79 Å². The molecule has 0 saturated heterocycles. The maximum absolute atomic E-state index is 11.8. The SMILES string of the molecule is C=C(C)C(=O)[B]C1C(C)CC2CC(C)CC1C2. The molecule has 2 fully saturated rings. The minimum absolute atomic E-state index is 0.165. The molecule has 0 aromatic heterocycles. The third kappa shape index (κ3) is 2.84. The Hall–Kier alpha value is -0.525. The minimum atomic E-state index is 0.165. The van der Waals surface area contributed by atoms with Gasteiger partial charge in [-0.05, 0) is 61.9 Å². The number of rotatable bonds is 3. The van der Waals surface area contributed by atoms with Crippen LogP contribution in [0.5, 0.6) is 0 Å². The van der Waals surface area contributed by atoms with Crippen LogP contribution in [0.2, 0.25) is 5.82 Å². The number of carbonyl (C=O) groups is 1. The van der Waals surface area contributed by atoms with Gasteiger partial charge in [-0.25, -0.2) is 0 Å². The van der Waals surface area contributed by atoms with Gasteiger partial charge in [0.05, 0.1) is 0 Å². The zero-order chi connectivity index (χ0) is 12.6. The molecule has 2 aliphatic carbocycles. The molecule has 17 heavy (non-hydrogen) atoms. The molecular weight excluding hydrogens is 207 g/mol. The van der Waals surface area contributed by atoms with Crippen molar-refractivity contribution in [3.8, 4) is 0 Å². The van der Waals surface area contributed by atoms with Crippen LogP contribution in [-0.4, -0.2) is 13.0 Å². The molecule has 2 bridgehead atoms. The van der Waals surface area contributed by atoms with E-state index in [0.29, 0.717) is 17.3 Å². The van der Waals surface area contributed by atoms with Crippen LogP contribution in [0.3, 0.4) is 0 Å². The predicted molar refractivity (Wildman–Crippen MR) is 73.1 cm³/mol. The molecule has 5 atom stereocenters. The molecule has 0 aromatic rings. The highest BCUT2D eigenvalue weighted by atomic mass is 16.1. The zero-order valence-electron chi connectivity index (χ0n) is 11.4. The summed E-state index contributed by atoms with van der Waals surface area (Å²) in [6, 6.07) is 0. The van der Waals surface area contributed by atoms with Gasteiger partial charge in [0.2, 0.25) is 7.28 Å². The van der Waals surface area contributed by atoms with E-state index in [0.717, 1.165) is 17.8 Å². The van der Waals surface area contributed by atoms with E-state index in [2.05, 4.69) is 20.4 Å². The van der Waals surface area contributed by atoms with Gasteiger partial charge in [0, 0.05) is 0 Å². The van der Waals surface area contributed by atoms with E-state index in [1.807, 2.05) is 14.2 Å². The topological polar surface area (TPSA) is 17.1 Å². The summed E-state index contributed by atoms with van der Waals surface area (Å²) in [5.74, 6) is 3.69. The highest BCUT2D eigenvalue weighted by molar-refractivity contribution is 6.78. The maximum atomic E-state index is 11.8. The van der Waals surface area contributed by atoms with E-state index in [-0.39, 0.29) is 5.68 Å². The van der Waals surface area contributed by atoms with E-state index < -0.39 is 0 Å². The predicted octanol–water partition coefficient (Wildman–Crippen LogP) is 3.67. The van der Waals surface area contributed by atoms with Gasteiger partial charge in [-0.3, -0.25) is 0 Å². The second-order valence-electron chi connectivity index (χ2n) is 6.54. The van der Waals surface area contributed by atoms with Crippen molar-refractivity contribution in [2.24, 2.45) is 23.7 Å². The quantitative estimate of drug-likeness (QED) is 0.535. The molecule has 0 aromatic carbocycles. The van der Waals surface area contributed by atoms with Crippen molar-refractivity contribution in [1.29, 1.82) is 0 Å². The van der Waals surface area contributed by atoms with Crippen LogP contribution in [0, 0.1) is 23.7 Å². The van der Waals surface area contributed by atoms with Crippen LogP contribution in [-0.2, 0) is 4.79 Å². The van der Waals surface area contributed by atoms with Crippen LogP contribution in [0.25, 0.3) is 0 Å². The summed E-state index contributed by atoms with van der Waals surface area (Å²) in [4.78, 5) is 11.8. The fourth-order valence-electron chi connectivity index (χ4n) is 4.07. The summed E-state index contributed by atoms with van der Waals surface area (Å²) < 4.78 is 0. The van der Waals surface area contributed by atoms with Gasteiger partial charge in [-0.2, -0.15) is 0 Å². The van der Waals surface area contributed by atoms with E-state index in [1.54, 1.807) is 0 Å². The van der Waals surface area contributed by atoms with Gasteiger partial charge in [0.1, 0.15) is 5.68 Å². The van der Waals surface area contributed by atoms with Crippen LogP contribution in [0.4, 0.5) is 0 Å². The Bertz CT molecular complexity index is 319. The van der Waals surface area contributed by atoms with Gasteiger partial charge >= 0.3 is 0 Å². The Morgan fingerprint density at radius 1 is 1.18 bits per heavy atom. The lowest BCUT2D eigenvalue weighted by atomic mass is 9.45. The Labute approximate surface area is 106 Å². The van der Waals surface area contributed by atoms with Crippen LogP contribution < -0.4 is 0 Å². The van der Waals surface area contributed by atoms with E-state index in [4.69, 9.17) is 0 Å². The van der Waals surface area contributed by atoms with Crippen molar-refractivity contribution in [3.63, 3.8) is 0 Å². The molecule has 0 heterocycles. The number of hydrogen-bond acceptors (Lipinski definition) is 1. The lowest BCUT2D eigenvalue weighted by Crippen LogP contribution is -2.38. The molecule has 0 amide bonds. The first kappa shape index (κ1) is 12.9. The highest BCUT2D eigenvalue weighted by Gasteiger charge is 2.40. The summed E-state index contributed by atoms with van der Waals surface area (Å²) in [5, 5.41) is 0. The maximum Gasteiger partial charge on any atom is 0.212 e. The first-order chi connectivity index (χ1) is 7.97. The average molecular weight is 231 g/mol. The van der Waals surface area contributed by atoms with Crippen molar-refractivity contribution < 1.29 is 4.79 Å². The van der Waals surface area contributed by atoms with Gasteiger partial charge in [0.25, 0.3) is 0 Å². The second kappa shape index (κ2) is 5.00. The Balaban J connectivity index is 2.05. The molecule has 93 valence electrons. The molecule has 0 N–H and O–H groups in total. The minimum Gasteiger partial charge on any atom is -0.307 e. The van der Waals surface area contributed by atoms with Crippen molar-refractivity contribution in [2.75, 3.05) is 0 Å². The highest BCUT2D eigenvalue weighted by Crippen LogP contribution is 2.50. The number of fused-ring (bicyclic) bond motifs is 2. The van der Waals surface area contributed by atoms with Gasteiger partial charge in [-0.1, -0.05) is 26.2 Å². The summed E-state index contributed by atoms with van der Waals surface area (Å²) >= 11 is 0. The van der Waals surface area contributed by atoms with Crippen LogP contribution in [0.15, 0.2) is 12.2 Å². The van der Waals surface area contributed by atoms with Crippen molar-refractivity contribution in [2.45, 2.75) is 52.3 Å². The molecule has 0 spiro atoms. The first-order valence-electron chi connectivity index (χ1n) is 7.02. The fraction of sp³-hybridized carbons (Fsp3) is 0.800. The van der Waals surface area contributed by atoms with Gasteiger partial charge in [0.15, 0.2) is 0 Å². The zero-order valence-corrected chi connectivity index (χ0v) is 11.4. The Morgan fingerprint density at radius 3 is 2.53 bits per heavy atom. The molecule has 5 unspecified atom stereocenters. The molecule has 2 heteroatoms. The molecule has 0 aliphatic heterocycles. The van der Waals surface area contributed by atoms with Crippen molar-refractivity contribution >= 4 is 13.0 Å². The summed E-state index contributed by atoms with van der Waals surface area (Å²) in [6.45, 7) is 10.3. The first-order valence-corrected chi connectivity index (χ1v) is 7.02. The molecule has 1 nitrogen and oxygen atoms in total. The average Bonchev–Trinajstić information content (AvgIpc) is 2.22. The number of allylic oxidation sites excluding steroid dienone is 1. The number of carbonyl (C=O) groups excluding carboxylic acids is 1. The molecular formula is C15H24BO. The third-order valence-corrected chi connectivity index (χ3v) is 4.75. The molecule has 1 radical (unpaired) electrons. The van der Waals surface area contributed by atoms with E-state index >= 15 is 0 Å². The molecule has 2 saturated carbocycles. The van der Waals surface area contributed by atoms with Crippen LogP contribution in [0.1, 0.15) is 46.5 Å². The lowest BCUT2D eigenvalue weighted by Gasteiger charge is -2.46. The Morgan fingerprint density at radius 2 is 1.88 bits per heavy atom. The molecule has 2 aliphatic rings. The summed E-state index contributed by atoms with van der Waals surface area (Å²) in [6.07, 6.45) is 5.37. The van der Waals surface area contributed by atoms with Crippen molar-refractivity contribution in [3.05, 3.63) is 12.2 Å². The van der Waals surface area contributed by atoms with Crippen molar-refractivity contribution in [1.82, 2.24) is 0 Å². The van der Waals surface area contributed by atoms with E-state index in [1.165, 1.54) is 25.7 Å². The Kier molecular flexibility index (Phi) is 3.80. The van der Waals surface area contributed by atoms with Crippen LogP contribution >= 0.6 is 0 Å². The smallest absolute Gasteiger partial charge is 0.212 e. The summed E-state index contributed by atoms with van der Waals surface area (Å²) in [7, 11) is 1.98. The second-order valence-corrected chi connectivity index (χ2v) is 6.54. The van der Waals surface area contributed by atoms with Gasteiger partial charge in [-0.15, -0.1) is 0 Å². The fourth-order valence-corrected chi connectivity index (χ4v) is 4.07. The standard InChI is InChI=1S/C15H24BO/c1-9(2)15(17)16-14-11(4)7-12-5-10(3)6-13(14)8-12/h10-14H,1,5-8H2,2-4H3. The third-order valence-electron chi connectivity index (χ3n) is 4.75. The monoisotopic (exact) mass is 231 g/mol. The van der Waals surface area contributed by atoms with Gasteiger partial charge < -0.3 is 4.79 Å².